The van der Waals surface area contributed by atoms with E-state index in [9.17, 15) is 0 Å². The summed E-state index contributed by atoms with van der Waals surface area (Å²) in [5.41, 5.74) is 18.5. The Morgan fingerprint density at radius 1 is 0.426 bits per heavy atom. The van der Waals surface area contributed by atoms with Crippen LogP contribution in [-0.2, 0) is 5.41 Å². The number of hydrogen-bond donors (Lipinski definition) is 0. The lowest BCUT2D eigenvalue weighted by molar-refractivity contribution is 0.195. The van der Waals surface area contributed by atoms with E-state index in [2.05, 4.69) is 234 Å². The minimum atomic E-state index is -0.162. The molecule has 4 nitrogen and oxygen atoms in total. The van der Waals surface area contributed by atoms with Crippen LogP contribution in [0.15, 0.2) is 200 Å². The number of rotatable bonds is 6. The summed E-state index contributed by atoms with van der Waals surface area (Å²) in [4.78, 5) is 10.2. The topological polar surface area (TPSA) is 13.0 Å². The first-order valence-electron chi connectivity index (χ1n) is 21.9. The van der Waals surface area contributed by atoms with Crippen LogP contribution in [0.1, 0.15) is 45.1 Å². The maximum Gasteiger partial charge on any atom is 0.252 e. The van der Waals surface area contributed by atoms with Crippen molar-refractivity contribution in [3.05, 3.63) is 206 Å². The molecule has 3 aliphatic heterocycles. The zero-order chi connectivity index (χ0) is 40.7. The molecule has 0 N–H and O–H groups in total. The molecule has 2 atom stereocenters. The number of hydrogen-bond acceptors (Lipinski definition) is 4. The fraction of sp³-hybridized carbons (Fsp3) is 0.143. The van der Waals surface area contributed by atoms with Gasteiger partial charge in [-0.15, -0.1) is 0 Å². The van der Waals surface area contributed by atoms with Gasteiger partial charge in [0.25, 0.3) is 6.71 Å². The highest BCUT2D eigenvalue weighted by Crippen LogP contribution is 2.62. The fourth-order valence-corrected chi connectivity index (χ4v) is 11.6. The van der Waals surface area contributed by atoms with E-state index in [0.717, 1.165) is 24.2 Å². The van der Waals surface area contributed by atoms with Crippen LogP contribution in [-0.4, -0.2) is 12.3 Å². The quantitative estimate of drug-likeness (QED) is 0.156. The van der Waals surface area contributed by atoms with Crippen LogP contribution in [0, 0.1) is 0 Å². The highest BCUT2D eigenvalue weighted by molar-refractivity contribution is 7.00. The van der Waals surface area contributed by atoms with Crippen LogP contribution in [0.3, 0.4) is 0 Å². The molecule has 8 aromatic rings. The molecule has 2 unspecified atom stereocenters. The van der Waals surface area contributed by atoms with E-state index in [0.29, 0.717) is 0 Å². The van der Waals surface area contributed by atoms with E-state index in [1.54, 1.807) is 0 Å². The molecule has 0 saturated heterocycles. The largest absolute Gasteiger partial charge is 0.334 e. The molecule has 1 aliphatic carbocycles. The van der Waals surface area contributed by atoms with Gasteiger partial charge in [0.1, 0.15) is 0 Å². The average Bonchev–Trinajstić information content (AvgIpc) is 3.52. The minimum Gasteiger partial charge on any atom is -0.334 e. The molecule has 0 amide bonds. The van der Waals surface area contributed by atoms with Gasteiger partial charge in [0.05, 0.1) is 5.54 Å². The van der Waals surface area contributed by atoms with Gasteiger partial charge < -0.3 is 19.6 Å². The van der Waals surface area contributed by atoms with E-state index in [1.807, 2.05) is 0 Å². The molecular weight excluding hydrogens is 739 g/mol. The van der Waals surface area contributed by atoms with Crippen molar-refractivity contribution < 1.29 is 0 Å². The Morgan fingerprint density at radius 3 is 1.44 bits per heavy atom. The molecule has 0 radical (unpaired) electrons. The van der Waals surface area contributed by atoms with Gasteiger partial charge in [0.15, 0.2) is 0 Å². The SMILES string of the molecule is CC12CCCCC1(C)N(c1cc3c4c(c1)N(c1ccccc1)c1ccccc1B4c1ccccc1N3c1ccccc1)c1ccc(N(c3ccccc3)c3ccccc3)cc12. The lowest BCUT2D eigenvalue weighted by atomic mass is 9.33. The van der Waals surface area contributed by atoms with Crippen molar-refractivity contribution in [2.24, 2.45) is 0 Å². The van der Waals surface area contributed by atoms with Crippen molar-refractivity contribution in [3.63, 3.8) is 0 Å². The normalized spacial score (nSPS) is 19.4. The van der Waals surface area contributed by atoms with E-state index in [1.165, 1.54) is 86.0 Å². The summed E-state index contributed by atoms with van der Waals surface area (Å²) in [6.07, 6.45) is 4.68. The molecule has 8 aromatic carbocycles. The number of fused-ring (bicyclic) bond motifs is 7. The molecule has 12 rings (SSSR count). The Hall–Kier alpha value is -6.98. The second-order valence-electron chi connectivity index (χ2n) is 17.6. The molecule has 3 heterocycles. The van der Waals surface area contributed by atoms with Crippen molar-refractivity contribution in [1.82, 2.24) is 0 Å². The summed E-state index contributed by atoms with van der Waals surface area (Å²) in [6.45, 7) is 5.19. The van der Waals surface area contributed by atoms with Crippen LogP contribution < -0.4 is 36.0 Å². The van der Waals surface area contributed by atoms with Gasteiger partial charge in [-0.2, -0.15) is 0 Å². The molecular formula is C56H47BN4. The molecule has 0 bridgehead atoms. The Labute approximate surface area is 360 Å². The highest BCUT2D eigenvalue weighted by atomic mass is 15.3. The first-order valence-corrected chi connectivity index (χ1v) is 21.9. The first kappa shape index (κ1) is 35.9. The zero-order valence-electron chi connectivity index (χ0n) is 34.7. The Morgan fingerprint density at radius 2 is 0.902 bits per heavy atom. The van der Waals surface area contributed by atoms with Crippen LogP contribution in [0.2, 0.25) is 0 Å². The van der Waals surface area contributed by atoms with Gasteiger partial charge in [0, 0.05) is 68.0 Å². The van der Waals surface area contributed by atoms with Crippen LogP contribution >= 0.6 is 0 Å². The highest BCUT2D eigenvalue weighted by Gasteiger charge is 2.58. The van der Waals surface area contributed by atoms with Crippen LogP contribution in [0.4, 0.5) is 62.6 Å². The third-order valence-electron chi connectivity index (χ3n) is 14.5. The lowest BCUT2D eigenvalue weighted by Gasteiger charge is -2.51. The van der Waals surface area contributed by atoms with Gasteiger partial charge in [0.2, 0.25) is 0 Å². The predicted octanol–water partition coefficient (Wildman–Crippen LogP) is 13.0. The number of nitrogens with zero attached hydrogens (tertiary/aromatic N) is 4. The van der Waals surface area contributed by atoms with Crippen molar-refractivity contribution in [3.8, 4) is 0 Å². The maximum absolute atomic E-state index is 2.76. The van der Waals surface area contributed by atoms with Crippen molar-refractivity contribution in [1.29, 1.82) is 0 Å². The third kappa shape index (κ3) is 5.26. The van der Waals surface area contributed by atoms with Gasteiger partial charge in [-0.1, -0.05) is 129 Å². The lowest BCUT2D eigenvalue weighted by Crippen LogP contribution is -2.61. The Kier molecular flexibility index (Phi) is 8.12. The average molecular weight is 787 g/mol. The van der Waals surface area contributed by atoms with Crippen LogP contribution in [0.25, 0.3) is 0 Å². The standard InChI is InChI=1S/C56H47BN4/c1-55-35-19-20-36-56(55,2)61(49-34-33-44(37-46(49)55)58(40-21-7-3-8-22-40)41-23-9-4-10-24-41)45-38-52-54-53(39-45)60(43-27-13-6-14-28-43)51-32-18-16-30-48(51)57(54)47-29-15-17-31-50(47)59(52)42-25-11-5-12-26-42/h3-18,21-34,37-39H,19-20,35-36H2,1-2H3. The molecule has 1 fully saturated rings. The van der Waals surface area contributed by atoms with E-state index in [4.69, 9.17) is 0 Å². The molecule has 294 valence electrons. The second-order valence-corrected chi connectivity index (χ2v) is 17.6. The minimum absolute atomic E-state index is 0.0806. The molecule has 5 heteroatoms. The Balaban J connectivity index is 1.13. The van der Waals surface area contributed by atoms with Gasteiger partial charge in [-0.25, -0.2) is 0 Å². The van der Waals surface area contributed by atoms with E-state index in [-0.39, 0.29) is 17.7 Å². The summed E-state index contributed by atoms with van der Waals surface area (Å²) in [5, 5.41) is 0. The van der Waals surface area contributed by atoms with Crippen LogP contribution in [0.5, 0.6) is 0 Å². The summed E-state index contributed by atoms with van der Waals surface area (Å²) in [5.74, 6) is 0. The first-order chi connectivity index (χ1) is 30.0. The van der Waals surface area contributed by atoms with Gasteiger partial charge in [-0.3, -0.25) is 0 Å². The third-order valence-corrected chi connectivity index (χ3v) is 14.5. The number of benzene rings is 8. The second kappa shape index (κ2) is 13.8. The van der Waals surface area contributed by atoms with E-state index < -0.39 is 0 Å². The summed E-state index contributed by atoms with van der Waals surface area (Å²) < 4.78 is 0. The molecule has 4 aliphatic rings. The predicted molar refractivity (Wildman–Crippen MR) is 258 cm³/mol. The smallest absolute Gasteiger partial charge is 0.252 e. The number of para-hydroxylation sites is 6. The van der Waals surface area contributed by atoms with E-state index >= 15 is 0 Å². The molecule has 1 saturated carbocycles. The molecule has 0 spiro atoms. The van der Waals surface area contributed by atoms with Crippen molar-refractivity contribution in [2.75, 3.05) is 19.6 Å². The summed E-state index contributed by atoms with van der Waals surface area (Å²) >= 11 is 0. The van der Waals surface area contributed by atoms with Gasteiger partial charge in [-0.05, 0) is 133 Å². The van der Waals surface area contributed by atoms with Gasteiger partial charge >= 0.3 is 0 Å². The maximum atomic E-state index is 2.76. The monoisotopic (exact) mass is 786 g/mol. The molecule has 61 heavy (non-hydrogen) atoms. The summed E-state index contributed by atoms with van der Waals surface area (Å²) in [6, 6.07) is 74.2. The Bertz CT molecular complexity index is 2790. The van der Waals surface area contributed by atoms with Crippen molar-refractivity contribution in [2.45, 2.75) is 50.5 Å². The number of anilines is 11. The summed E-state index contributed by atoms with van der Waals surface area (Å²) in [7, 11) is 0. The zero-order valence-corrected chi connectivity index (χ0v) is 34.7. The fourth-order valence-electron chi connectivity index (χ4n) is 11.6. The molecule has 0 aromatic heterocycles. The van der Waals surface area contributed by atoms with Crippen molar-refractivity contribution >= 4 is 85.7 Å².